The zero-order valence-corrected chi connectivity index (χ0v) is 15.6. The first-order chi connectivity index (χ1) is 12.1. The Bertz CT molecular complexity index is 718. The molecule has 2 aromatic carbocycles. The molecule has 0 aromatic heterocycles. The molecule has 25 heavy (non-hydrogen) atoms. The van der Waals surface area contributed by atoms with Crippen molar-refractivity contribution in [3.05, 3.63) is 84.1 Å². The molecule has 0 spiro atoms. The Morgan fingerprint density at radius 2 is 1.28 bits per heavy atom. The third kappa shape index (κ3) is 6.42. The van der Waals surface area contributed by atoms with Gasteiger partial charge in [0.1, 0.15) is 0 Å². The monoisotopic (exact) mass is 332 g/mol. The van der Waals surface area contributed by atoms with E-state index in [0.29, 0.717) is 11.8 Å². The second kappa shape index (κ2) is 9.63. The molecule has 0 saturated carbocycles. The highest BCUT2D eigenvalue weighted by atomic mass is 14.8. The van der Waals surface area contributed by atoms with E-state index in [9.17, 15) is 0 Å². The zero-order valence-electron chi connectivity index (χ0n) is 15.6. The van der Waals surface area contributed by atoms with Gasteiger partial charge in [0.15, 0.2) is 0 Å². The van der Waals surface area contributed by atoms with Crippen LogP contribution in [0.15, 0.2) is 78.0 Å². The molecule has 0 aliphatic heterocycles. The van der Waals surface area contributed by atoms with Crippen LogP contribution in [0.5, 0.6) is 0 Å². The molecule has 0 aliphatic rings. The molecular weight excluding hydrogens is 304 g/mol. The molecule has 0 aliphatic carbocycles. The Balaban J connectivity index is 1.79. The minimum Gasteiger partial charge on any atom is -0.362 e. The molecule has 2 rings (SSSR count). The van der Waals surface area contributed by atoms with Crippen LogP contribution in [0.4, 0.5) is 11.4 Å². The molecule has 0 bridgehead atoms. The van der Waals surface area contributed by atoms with Crippen LogP contribution in [0.2, 0.25) is 0 Å². The van der Waals surface area contributed by atoms with E-state index >= 15 is 0 Å². The predicted molar refractivity (Wildman–Crippen MR) is 111 cm³/mol. The van der Waals surface area contributed by atoms with Crippen molar-refractivity contribution in [3.8, 4) is 0 Å². The lowest BCUT2D eigenvalue weighted by Crippen LogP contribution is -1.89. The highest BCUT2D eigenvalue weighted by Crippen LogP contribution is 2.19. The first-order valence-electron chi connectivity index (χ1n) is 8.88. The fourth-order valence-corrected chi connectivity index (χ4v) is 2.35. The van der Waals surface area contributed by atoms with Crippen LogP contribution < -0.4 is 5.32 Å². The maximum absolute atomic E-state index is 4.42. The SMILES string of the molecule is CC(C)c1ccc(N=C/C=C/C=C/Nc2ccc(C(C)C)cc2)cc1. The second-order valence-corrected chi connectivity index (χ2v) is 6.69. The van der Waals surface area contributed by atoms with Crippen molar-refractivity contribution < 1.29 is 0 Å². The van der Waals surface area contributed by atoms with Crippen molar-refractivity contribution in [3.63, 3.8) is 0 Å². The maximum Gasteiger partial charge on any atom is 0.0629 e. The second-order valence-electron chi connectivity index (χ2n) is 6.69. The highest BCUT2D eigenvalue weighted by molar-refractivity contribution is 5.74. The van der Waals surface area contributed by atoms with Gasteiger partial charge < -0.3 is 5.32 Å². The van der Waals surface area contributed by atoms with Gasteiger partial charge in [-0.25, -0.2) is 0 Å². The third-order valence-corrected chi connectivity index (χ3v) is 4.02. The van der Waals surface area contributed by atoms with Gasteiger partial charge in [0, 0.05) is 18.1 Å². The van der Waals surface area contributed by atoms with Crippen molar-refractivity contribution in [2.75, 3.05) is 5.32 Å². The quantitative estimate of drug-likeness (QED) is 0.436. The molecule has 1 N–H and O–H groups in total. The molecule has 0 unspecified atom stereocenters. The van der Waals surface area contributed by atoms with Crippen LogP contribution in [0.1, 0.15) is 50.7 Å². The molecule has 2 heteroatoms. The first-order valence-corrected chi connectivity index (χ1v) is 8.88. The van der Waals surface area contributed by atoms with Gasteiger partial charge in [0.25, 0.3) is 0 Å². The smallest absolute Gasteiger partial charge is 0.0629 e. The van der Waals surface area contributed by atoms with E-state index in [4.69, 9.17) is 0 Å². The van der Waals surface area contributed by atoms with E-state index in [2.05, 4.69) is 86.5 Å². The molecule has 2 aromatic rings. The van der Waals surface area contributed by atoms with Crippen molar-refractivity contribution >= 4 is 17.6 Å². The summed E-state index contributed by atoms with van der Waals surface area (Å²) in [6.45, 7) is 8.79. The first kappa shape index (κ1) is 18.7. The van der Waals surface area contributed by atoms with Crippen LogP contribution in [-0.4, -0.2) is 6.21 Å². The number of nitrogens with zero attached hydrogens (tertiary/aromatic N) is 1. The molecule has 0 radical (unpaired) electrons. The van der Waals surface area contributed by atoms with Gasteiger partial charge in [-0.05, 0) is 59.4 Å². The summed E-state index contributed by atoms with van der Waals surface area (Å²) in [4.78, 5) is 4.42. The van der Waals surface area contributed by atoms with Gasteiger partial charge in [-0.3, -0.25) is 4.99 Å². The predicted octanol–water partition coefficient (Wildman–Crippen LogP) is 6.82. The lowest BCUT2D eigenvalue weighted by molar-refractivity contribution is 0.867. The number of hydrogen-bond acceptors (Lipinski definition) is 2. The number of nitrogens with one attached hydrogen (secondary N) is 1. The summed E-state index contributed by atoms with van der Waals surface area (Å²) >= 11 is 0. The lowest BCUT2D eigenvalue weighted by Gasteiger charge is -2.06. The number of allylic oxidation sites excluding steroid dienone is 3. The summed E-state index contributed by atoms with van der Waals surface area (Å²) in [5, 5.41) is 3.26. The summed E-state index contributed by atoms with van der Waals surface area (Å²) in [6.07, 6.45) is 9.58. The third-order valence-electron chi connectivity index (χ3n) is 4.02. The summed E-state index contributed by atoms with van der Waals surface area (Å²) in [7, 11) is 0. The molecule has 0 saturated heterocycles. The van der Waals surface area contributed by atoms with E-state index in [-0.39, 0.29) is 0 Å². The molecule has 0 atom stereocenters. The van der Waals surface area contributed by atoms with Crippen molar-refractivity contribution in [2.24, 2.45) is 4.99 Å². The largest absolute Gasteiger partial charge is 0.362 e. The van der Waals surface area contributed by atoms with Gasteiger partial charge in [-0.2, -0.15) is 0 Å². The van der Waals surface area contributed by atoms with E-state index < -0.39 is 0 Å². The van der Waals surface area contributed by atoms with Gasteiger partial charge in [0.2, 0.25) is 0 Å². The van der Waals surface area contributed by atoms with E-state index in [0.717, 1.165) is 11.4 Å². The highest BCUT2D eigenvalue weighted by Gasteiger charge is 1.98. The normalized spacial score (nSPS) is 12.2. The zero-order chi connectivity index (χ0) is 18.1. The van der Waals surface area contributed by atoms with Crippen LogP contribution in [-0.2, 0) is 0 Å². The molecule has 0 fully saturated rings. The summed E-state index contributed by atoms with van der Waals surface area (Å²) in [5.41, 5.74) is 4.76. The number of rotatable bonds is 7. The van der Waals surface area contributed by atoms with Gasteiger partial charge in [-0.15, -0.1) is 0 Å². The lowest BCUT2D eigenvalue weighted by atomic mass is 10.0. The standard InChI is InChI=1S/C23H28N2/c1-18(2)20-8-12-22(13-9-20)24-16-6-5-7-17-25-23-14-10-21(11-15-23)19(3)4/h5-19,24H,1-4H3/b7-5+,16-6+,25-17?. The van der Waals surface area contributed by atoms with Crippen molar-refractivity contribution in [1.29, 1.82) is 0 Å². The van der Waals surface area contributed by atoms with Crippen LogP contribution in [0, 0.1) is 0 Å². The van der Waals surface area contributed by atoms with Crippen LogP contribution in [0.3, 0.4) is 0 Å². The van der Waals surface area contributed by atoms with Crippen LogP contribution >= 0.6 is 0 Å². The van der Waals surface area contributed by atoms with Gasteiger partial charge in [-0.1, -0.05) is 58.0 Å². The fraction of sp³-hybridized carbons (Fsp3) is 0.261. The van der Waals surface area contributed by atoms with E-state index in [1.807, 2.05) is 30.6 Å². The fourth-order valence-electron chi connectivity index (χ4n) is 2.35. The maximum atomic E-state index is 4.42. The number of anilines is 1. The average molecular weight is 332 g/mol. The minimum atomic E-state index is 0.553. The Hall–Kier alpha value is -2.61. The van der Waals surface area contributed by atoms with Crippen molar-refractivity contribution in [1.82, 2.24) is 0 Å². The Morgan fingerprint density at radius 1 is 0.720 bits per heavy atom. The Morgan fingerprint density at radius 3 is 1.84 bits per heavy atom. The van der Waals surface area contributed by atoms with E-state index in [1.54, 1.807) is 0 Å². The summed E-state index contributed by atoms with van der Waals surface area (Å²) in [5.74, 6) is 1.12. The number of hydrogen-bond donors (Lipinski definition) is 1. The van der Waals surface area contributed by atoms with Gasteiger partial charge in [0.05, 0.1) is 5.69 Å². The summed E-state index contributed by atoms with van der Waals surface area (Å²) < 4.78 is 0. The number of benzene rings is 2. The molecule has 0 heterocycles. The average Bonchev–Trinajstić information content (AvgIpc) is 2.61. The molecule has 0 amide bonds. The topological polar surface area (TPSA) is 24.4 Å². The summed E-state index contributed by atoms with van der Waals surface area (Å²) in [6, 6.07) is 16.9. The molecule has 130 valence electrons. The molecule has 2 nitrogen and oxygen atoms in total. The number of aliphatic imine (C=N–C) groups is 1. The van der Waals surface area contributed by atoms with Crippen LogP contribution in [0.25, 0.3) is 0 Å². The van der Waals surface area contributed by atoms with E-state index in [1.165, 1.54) is 11.1 Å². The van der Waals surface area contributed by atoms with Gasteiger partial charge >= 0.3 is 0 Å². The van der Waals surface area contributed by atoms with Crippen molar-refractivity contribution in [2.45, 2.75) is 39.5 Å². The minimum absolute atomic E-state index is 0.553. The Labute approximate surface area is 152 Å². The molecular formula is C23H28N2. The Kier molecular flexibility index (Phi) is 7.21.